The molecule has 1 N–H and O–H groups in total. The van der Waals surface area contributed by atoms with E-state index < -0.39 is 0 Å². The lowest BCUT2D eigenvalue weighted by Crippen LogP contribution is -2.26. The highest BCUT2D eigenvalue weighted by Gasteiger charge is 2.25. The van der Waals surface area contributed by atoms with Crippen LogP contribution in [0.2, 0.25) is 0 Å². The van der Waals surface area contributed by atoms with Gasteiger partial charge in [-0.2, -0.15) is 0 Å². The van der Waals surface area contributed by atoms with E-state index in [1.54, 1.807) is 5.51 Å². The van der Waals surface area contributed by atoms with Crippen LogP contribution in [0.1, 0.15) is 44.5 Å². The molecule has 1 aliphatic carbocycles. The van der Waals surface area contributed by atoms with E-state index in [1.807, 2.05) is 6.92 Å². The number of rotatable bonds is 2. The maximum atomic E-state index is 12.2. The number of nitrogens with one attached hydrogen (secondary N) is 1. The van der Waals surface area contributed by atoms with E-state index in [1.165, 1.54) is 28.0 Å². The summed E-state index contributed by atoms with van der Waals surface area (Å²) in [5, 5.41) is 3.13. The number of fused-ring (bicyclic) bond motifs is 1. The summed E-state index contributed by atoms with van der Waals surface area (Å²) in [5.74, 6) is -0.00146. The zero-order valence-electron chi connectivity index (χ0n) is 11.1. The monoisotopic (exact) mass is 272 g/mol. The average Bonchev–Trinajstić information content (AvgIpc) is 2.96. The van der Waals surface area contributed by atoms with Gasteiger partial charge in [-0.25, -0.2) is 4.98 Å². The first-order valence-electron chi connectivity index (χ1n) is 6.45. The summed E-state index contributed by atoms with van der Waals surface area (Å²) in [7, 11) is 0. The lowest BCUT2D eigenvalue weighted by molar-refractivity contribution is 0.0940. The molecule has 1 aromatic carbocycles. The maximum absolute atomic E-state index is 12.2. The smallest absolute Gasteiger partial charge is 0.263 e. The van der Waals surface area contributed by atoms with Crippen LogP contribution in [0.5, 0.6) is 0 Å². The second kappa shape index (κ2) is 4.78. The van der Waals surface area contributed by atoms with Gasteiger partial charge in [0.15, 0.2) is 0 Å². The highest BCUT2D eigenvalue weighted by Crippen LogP contribution is 2.32. The van der Waals surface area contributed by atoms with Crippen molar-refractivity contribution in [1.82, 2.24) is 10.3 Å². The molecule has 1 amide bonds. The minimum absolute atomic E-state index is 0.00146. The van der Waals surface area contributed by atoms with Gasteiger partial charge in [0.2, 0.25) is 0 Å². The molecular weight excluding hydrogens is 256 g/mol. The molecular formula is C15H16N2OS. The summed E-state index contributed by atoms with van der Waals surface area (Å²) in [6.07, 6.45) is 2.03. The van der Waals surface area contributed by atoms with Gasteiger partial charge in [0.25, 0.3) is 5.91 Å². The number of benzene rings is 1. The van der Waals surface area contributed by atoms with Gasteiger partial charge in [-0.15, -0.1) is 11.3 Å². The minimum atomic E-state index is -0.00146. The van der Waals surface area contributed by atoms with Crippen LogP contribution in [0.4, 0.5) is 0 Å². The first kappa shape index (κ1) is 12.4. The van der Waals surface area contributed by atoms with Crippen molar-refractivity contribution >= 4 is 17.2 Å². The molecule has 0 unspecified atom stereocenters. The van der Waals surface area contributed by atoms with Crippen LogP contribution in [0, 0.1) is 13.8 Å². The van der Waals surface area contributed by atoms with Gasteiger partial charge in [-0.05, 0) is 37.8 Å². The van der Waals surface area contributed by atoms with E-state index in [2.05, 4.69) is 35.4 Å². The molecule has 0 aliphatic heterocycles. The van der Waals surface area contributed by atoms with Crippen LogP contribution in [-0.4, -0.2) is 10.9 Å². The van der Waals surface area contributed by atoms with Crippen LogP contribution < -0.4 is 5.32 Å². The molecule has 0 saturated heterocycles. The van der Waals surface area contributed by atoms with E-state index in [9.17, 15) is 4.79 Å². The van der Waals surface area contributed by atoms with Crippen LogP contribution in [0.15, 0.2) is 23.7 Å². The van der Waals surface area contributed by atoms with E-state index in [4.69, 9.17) is 0 Å². The molecule has 0 spiro atoms. The van der Waals surface area contributed by atoms with Crippen molar-refractivity contribution in [1.29, 1.82) is 0 Å². The molecule has 3 rings (SSSR count). The highest BCUT2D eigenvalue weighted by molar-refractivity contribution is 7.11. The normalized spacial score (nSPS) is 17.3. The fraction of sp³-hybridized carbons (Fsp3) is 0.333. The molecule has 3 nitrogen and oxygen atoms in total. The number of hydrogen-bond donors (Lipinski definition) is 1. The topological polar surface area (TPSA) is 42.0 Å². The molecule has 0 bridgehead atoms. The summed E-state index contributed by atoms with van der Waals surface area (Å²) in [4.78, 5) is 17.1. The Hall–Kier alpha value is -1.68. The SMILES string of the molecule is Cc1ccc2c(c1)CC[C@H]2NC(=O)c1scnc1C. The summed E-state index contributed by atoms with van der Waals surface area (Å²) in [6, 6.07) is 6.62. The Kier molecular flexibility index (Phi) is 3.11. The number of carbonyl (C=O) groups is 1. The van der Waals surface area contributed by atoms with E-state index in [0.717, 1.165) is 23.4 Å². The Balaban J connectivity index is 1.80. The molecule has 1 aromatic heterocycles. The van der Waals surface area contributed by atoms with Crippen molar-refractivity contribution in [2.24, 2.45) is 0 Å². The number of hydrogen-bond acceptors (Lipinski definition) is 3. The Morgan fingerprint density at radius 2 is 2.26 bits per heavy atom. The Morgan fingerprint density at radius 3 is 3.00 bits per heavy atom. The predicted octanol–water partition coefficient (Wildman–Crippen LogP) is 3.18. The maximum Gasteiger partial charge on any atom is 0.263 e. The molecule has 0 fully saturated rings. The van der Waals surface area contributed by atoms with Crippen molar-refractivity contribution in [2.75, 3.05) is 0 Å². The third kappa shape index (κ3) is 2.28. The minimum Gasteiger partial charge on any atom is -0.344 e. The summed E-state index contributed by atoms with van der Waals surface area (Å²) >= 11 is 1.40. The van der Waals surface area contributed by atoms with Crippen LogP contribution in [0.3, 0.4) is 0 Å². The fourth-order valence-corrected chi connectivity index (χ4v) is 3.35. The molecule has 1 atom stereocenters. The van der Waals surface area contributed by atoms with Gasteiger partial charge < -0.3 is 5.32 Å². The first-order chi connectivity index (χ1) is 9.15. The second-order valence-corrected chi connectivity index (χ2v) is 5.89. The van der Waals surface area contributed by atoms with Crippen molar-refractivity contribution in [3.63, 3.8) is 0 Å². The highest BCUT2D eigenvalue weighted by atomic mass is 32.1. The largest absolute Gasteiger partial charge is 0.344 e. The van der Waals surface area contributed by atoms with Gasteiger partial charge in [-0.3, -0.25) is 4.79 Å². The van der Waals surface area contributed by atoms with Gasteiger partial charge in [0.05, 0.1) is 17.2 Å². The summed E-state index contributed by atoms with van der Waals surface area (Å²) < 4.78 is 0. The second-order valence-electron chi connectivity index (χ2n) is 5.03. The lowest BCUT2D eigenvalue weighted by atomic mass is 10.1. The van der Waals surface area contributed by atoms with Crippen molar-refractivity contribution < 1.29 is 4.79 Å². The Bertz CT molecular complexity index is 633. The first-order valence-corrected chi connectivity index (χ1v) is 7.33. The van der Waals surface area contributed by atoms with Crippen LogP contribution >= 0.6 is 11.3 Å². The predicted molar refractivity (Wildman–Crippen MR) is 76.6 cm³/mol. The molecule has 4 heteroatoms. The van der Waals surface area contributed by atoms with Crippen LogP contribution in [0.25, 0.3) is 0 Å². The molecule has 98 valence electrons. The number of thiazole rings is 1. The quantitative estimate of drug-likeness (QED) is 0.912. The summed E-state index contributed by atoms with van der Waals surface area (Å²) in [6.45, 7) is 3.98. The van der Waals surface area contributed by atoms with E-state index >= 15 is 0 Å². The molecule has 1 aliphatic rings. The number of amides is 1. The number of aryl methyl sites for hydroxylation is 3. The number of nitrogens with zero attached hydrogens (tertiary/aromatic N) is 1. The molecule has 19 heavy (non-hydrogen) atoms. The lowest BCUT2D eigenvalue weighted by Gasteiger charge is -2.13. The van der Waals surface area contributed by atoms with E-state index in [-0.39, 0.29) is 11.9 Å². The zero-order chi connectivity index (χ0) is 13.4. The fourth-order valence-electron chi connectivity index (χ4n) is 2.64. The Labute approximate surface area is 116 Å². The Morgan fingerprint density at radius 1 is 1.42 bits per heavy atom. The van der Waals surface area contributed by atoms with Gasteiger partial charge in [0, 0.05) is 0 Å². The third-order valence-electron chi connectivity index (χ3n) is 3.63. The number of aromatic nitrogens is 1. The molecule has 1 heterocycles. The average molecular weight is 272 g/mol. The third-order valence-corrected chi connectivity index (χ3v) is 4.56. The zero-order valence-corrected chi connectivity index (χ0v) is 11.9. The molecule has 0 saturated carbocycles. The van der Waals surface area contributed by atoms with Gasteiger partial charge >= 0.3 is 0 Å². The van der Waals surface area contributed by atoms with Gasteiger partial charge in [0.1, 0.15) is 4.88 Å². The summed E-state index contributed by atoms with van der Waals surface area (Å²) in [5.41, 5.74) is 6.44. The number of carbonyl (C=O) groups excluding carboxylic acids is 1. The van der Waals surface area contributed by atoms with Crippen molar-refractivity contribution in [3.05, 3.63) is 51.0 Å². The molecule has 2 aromatic rings. The van der Waals surface area contributed by atoms with E-state index in [0.29, 0.717) is 0 Å². The molecule has 0 radical (unpaired) electrons. The van der Waals surface area contributed by atoms with Crippen molar-refractivity contribution in [3.8, 4) is 0 Å². The van der Waals surface area contributed by atoms with Crippen molar-refractivity contribution in [2.45, 2.75) is 32.7 Å². The van der Waals surface area contributed by atoms with Crippen LogP contribution in [-0.2, 0) is 6.42 Å². The van der Waals surface area contributed by atoms with Gasteiger partial charge in [-0.1, -0.05) is 23.8 Å². The standard InChI is InChI=1S/C15H16N2OS/c1-9-3-5-12-11(7-9)4-6-13(12)17-15(18)14-10(2)16-8-19-14/h3,5,7-8,13H,4,6H2,1-2H3,(H,17,18)/t13-/m1/s1.